The molecule has 3 nitrogen and oxygen atoms in total. The van der Waals surface area contributed by atoms with Crippen molar-refractivity contribution in [1.29, 1.82) is 0 Å². The zero-order valence-electron chi connectivity index (χ0n) is 14.1. The maximum absolute atomic E-state index is 11.4. The van der Waals surface area contributed by atoms with Crippen LogP contribution in [-0.2, 0) is 15.6 Å². The lowest BCUT2D eigenvalue weighted by Crippen LogP contribution is -2.20. The lowest BCUT2D eigenvalue weighted by molar-refractivity contribution is -0.118. The van der Waals surface area contributed by atoms with Crippen LogP contribution in [0.5, 0.6) is 5.75 Å². The normalized spacial score (nSPS) is 12.3. The summed E-state index contributed by atoms with van der Waals surface area (Å²) in [6.07, 6.45) is 0. The third kappa shape index (κ3) is 4.67. The van der Waals surface area contributed by atoms with Crippen LogP contribution in [0, 0.1) is 0 Å². The molecule has 0 saturated heterocycles. The Morgan fingerprint density at radius 3 is 1.86 bits per heavy atom. The molecule has 1 amide bonds. The number of amides is 1. The van der Waals surface area contributed by atoms with Gasteiger partial charge in [0.05, 0.1) is 5.75 Å². The number of carbonyl (C=O) groups is 1. The molecule has 0 bridgehead atoms. The van der Waals surface area contributed by atoms with Crippen LogP contribution in [0.15, 0.2) is 17.0 Å². The van der Waals surface area contributed by atoms with Gasteiger partial charge < -0.3 is 10.4 Å². The van der Waals surface area contributed by atoms with Gasteiger partial charge in [0.2, 0.25) is 5.91 Å². The topological polar surface area (TPSA) is 49.3 Å². The van der Waals surface area contributed by atoms with Crippen LogP contribution in [0.1, 0.15) is 52.7 Å². The number of benzene rings is 1. The fourth-order valence-electron chi connectivity index (χ4n) is 2.06. The van der Waals surface area contributed by atoms with Crippen LogP contribution in [0.3, 0.4) is 0 Å². The summed E-state index contributed by atoms with van der Waals surface area (Å²) in [5, 5.41) is 13.2. The van der Waals surface area contributed by atoms with E-state index in [0.29, 0.717) is 11.5 Å². The van der Waals surface area contributed by atoms with Gasteiger partial charge in [-0.1, -0.05) is 41.5 Å². The fourth-order valence-corrected chi connectivity index (χ4v) is 2.90. The number of rotatable bonds is 3. The monoisotopic (exact) mass is 309 g/mol. The van der Waals surface area contributed by atoms with E-state index in [4.69, 9.17) is 0 Å². The van der Waals surface area contributed by atoms with E-state index in [9.17, 15) is 9.90 Å². The molecule has 0 aliphatic heterocycles. The van der Waals surface area contributed by atoms with Gasteiger partial charge in [-0.25, -0.2) is 0 Å². The van der Waals surface area contributed by atoms with Gasteiger partial charge >= 0.3 is 0 Å². The average molecular weight is 309 g/mol. The summed E-state index contributed by atoms with van der Waals surface area (Å²) in [6, 6.07) is 4.00. The number of phenols is 1. The second kappa shape index (κ2) is 6.30. The molecule has 0 spiro atoms. The summed E-state index contributed by atoms with van der Waals surface area (Å²) in [5.74, 6) is 0.760. The molecule has 0 aliphatic rings. The minimum absolute atomic E-state index is 0.00249. The summed E-state index contributed by atoms with van der Waals surface area (Å²) in [7, 11) is 1.64. The summed E-state index contributed by atoms with van der Waals surface area (Å²) in [5.41, 5.74) is 1.56. The largest absolute Gasteiger partial charge is 0.507 e. The molecule has 1 rings (SSSR count). The van der Waals surface area contributed by atoms with Crippen molar-refractivity contribution in [2.75, 3.05) is 12.8 Å². The third-order valence-corrected chi connectivity index (χ3v) is 4.32. The minimum atomic E-state index is -0.145. The first-order valence-corrected chi connectivity index (χ1v) is 8.16. The molecule has 2 N–H and O–H groups in total. The Morgan fingerprint density at radius 2 is 1.52 bits per heavy atom. The fraction of sp³-hybridized carbons (Fsp3) is 0.588. The molecule has 4 heteroatoms. The summed E-state index contributed by atoms with van der Waals surface area (Å²) in [6.45, 7) is 12.5. The molecular weight excluding hydrogens is 282 g/mol. The van der Waals surface area contributed by atoms with Crippen LogP contribution in [0.4, 0.5) is 0 Å². The summed E-state index contributed by atoms with van der Waals surface area (Å²) < 4.78 is 0. The van der Waals surface area contributed by atoms with E-state index in [2.05, 4.69) is 46.9 Å². The van der Waals surface area contributed by atoms with Crippen molar-refractivity contribution in [3.63, 3.8) is 0 Å². The summed E-state index contributed by atoms with van der Waals surface area (Å²) >= 11 is 1.50. The zero-order chi connectivity index (χ0) is 16.4. The molecule has 0 heterocycles. The highest BCUT2D eigenvalue weighted by molar-refractivity contribution is 8.00. The number of carbonyl (C=O) groups excluding carboxylic acids is 1. The maximum atomic E-state index is 11.4. The van der Waals surface area contributed by atoms with Gasteiger partial charge in [0.1, 0.15) is 5.75 Å². The molecule has 0 saturated carbocycles. The lowest BCUT2D eigenvalue weighted by atomic mass is 9.79. The van der Waals surface area contributed by atoms with Crippen molar-refractivity contribution in [2.24, 2.45) is 0 Å². The highest BCUT2D eigenvalue weighted by atomic mass is 32.2. The number of hydrogen-bond acceptors (Lipinski definition) is 3. The second-order valence-electron chi connectivity index (χ2n) is 7.33. The Hall–Kier alpha value is -1.16. The molecule has 118 valence electrons. The SMILES string of the molecule is CNC(=O)CSc1cc(C(C)(C)C)c(O)c(C(C)(C)C)c1. The van der Waals surface area contributed by atoms with E-state index in [1.54, 1.807) is 7.05 Å². The molecule has 1 aromatic rings. The number of aromatic hydroxyl groups is 1. The highest BCUT2D eigenvalue weighted by Gasteiger charge is 2.26. The van der Waals surface area contributed by atoms with Crippen molar-refractivity contribution < 1.29 is 9.90 Å². The smallest absolute Gasteiger partial charge is 0.230 e. The Morgan fingerprint density at radius 1 is 1.10 bits per heavy atom. The molecule has 21 heavy (non-hydrogen) atoms. The minimum Gasteiger partial charge on any atom is -0.507 e. The molecule has 0 unspecified atom stereocenters. The maximum Gasteiger partial charge on any atom is 0.230 e. The predicted octanol–water partition coefficient (Wildman–Crippen LogP) is 3.83. The Balaban J connectivity index is 3.31. The number of hydrogen-bond donors (Lipinski definition) is 2. The lowest BCUT2D eigenvalue weighted by Gasteiger charge is -2.28. The average Bonchev–Trinajstić information content (AvgIpc) is 2.34. The number of phenolic OH excluding ortho intramolecular Hbond substituents is 1. The highest BCUT2D eigenvalue weighted by Crippen LogP contribution is 2.41. The standard InChI is InChI=1S/C17H27NO2S/c1-16(2,3)12-8-11(21-10-14(19)18-7)9-13(15(12)20)17(4,5)6/h8-9,20H,10H2,1-7H3,(H,18,19). The van der Waals surface area contributed by atoms with Crippen molar-refractivity contribution >= 4 is 17.7 Å². The number of thioether (sulfide) groups is 1. The van der Waals surface area contributed by atoms with Gasteiger partial charge in [-0.2, -0.15) is 0 Å². The summed E-state index contributed by atoms with van der Waals surface area (Å²) in [4.78, 5) is 12.5. The van der Waals surface area contributed by atoms with Crippen LogP contribution in [-0.4, -0.2) is 23.8 Å². The van der Waals surface area contributed by atoms with E-state index in [-0.39, 0.29) is 16.7 Å². The van der Waals surface area contributed by atoms with Gasteiger partial charge in [-0.05, 0) is 23.0 Å². The van der Waals surface area contributed by atoms with Crippen LogP contribution < -0.4 is 5.32 Å². The van der Waals surface area contributed by atoms with Crippen molar-refractivity contribution in [2.45, 2.75) is 57.3 Å². The molecule has 0 atom stereocenters. The first-order chi connectivity index (χ1) is 9.46. The molecule has 0 fully saturated rings. The molecular formula is C17H27NO2S. The van der Waals surface area contributed by atoms with E-state index >= 15 is 0 Å². The third-order valence-electron chi connectivity index (χ3n) is 3.35. The van der Waals surface area contributed by atoms with E-state index in [1.807, 2.05) is 12.1 Å². The molecule has 0 aliphatic carbocycles. The Kier molecular flexibility index (Phi) is 5.37. The van der Waals surface area contributed by atoms with Crippen molar-refractivity contribution in [3.05, 3.63) is 23.3 Å². The van der Waals surface area contributed by atoms with Crippen LogP contribution in [0.2, 0.25) is 0 Å². The van der Waals surface area contributed by atoms with Gasteiger partial charge in [-0.3, -0.25) is 4.79 Å². The Bertz CT molecular complexity index is 490. The van der Waals surface area contributed by atoms with Crippen LogP contribution >= 0.6 is 11.8 Å². The molecule has 1 aromatic carbocycles. The molecule has 0 radical (unpaired) electrons. The Labute approximate surface area is 132 Å². The van der Waals surface area contributed by atoms with E-state index in [0.717, 1.165) is 16.0 Å². The van der Waals surface area contributed by atoms with Crippen LogP contribution in [0.25, 0.3) is 0 Å². The van der Waals surface area contributed by atoms with E-state index < -0.39 is 0 Å². The van der Waals surface area contributed by atoms with Gasteiger partial charge in [0.25, 0.3) is 0 Å². The molecule has 0 aromatic heterocycles. The zero-order valence-corrected chi connectivity index (χ0v) is 14.9. The second-order valence-corrected chi connectivity index (χ2v) is 8.38. The number of nitrogens with one attached hydrogen (secondary N) is 1. The van der Waals surface area contributed by atoms with Crippen molar-refractivity contribution in [1.82, 2.24) is 5.32 Å². The van der Waals surface area contributed by atoms with Gasteiger partial charge in [-0.15, -0.1) is 11.8 Å². The van der Waals surface area contributed by atoms with E-state index in [1.165, 1.54) is 11.8 Å². The first-order valence-electron chi connectivity index (χ1n) is 7.18. The quantitative estimate of drug-likeness (QED) is 0.834. The predicted molar refractivity (Wildman–Crippen MR) is 90.3 cm³/mol. The van der Waals surface area contributed by atoms with Gasteiger partial charge in [0, 0.05) is 23.1 Å². The first kappa shape index (κ1) is 17.9. The van der Waals surface area contributed by atoms with Crippen molar-refractivity contribution in [3.8, 4) is 5.75 Å². The van der Waals surface area contributed by atoms with Gasteiger partial charge in [0.15, 0.2) is 0 Å².